The zero-order chi connectivity index (χ0) is 15.5. The van der Waals surface area contributed by atoms with Gasteiger partial charge in [-0.3, -0.25) is 4.79 Å². The minimum atomic E-state index is -0.372. The van der Waals surface area contributed by atoms with Gasteiger partial charge in [0, 0.05) is 10.4 Å². The minimum Gasteiger partial charge on any atom is -0.349 e. The van der Waals surface area contributed by atoms with E-state index in [4.69, 9.17) is 11.6 Å². The molecular weight excluding hydrogens is 284 g/mol. The fourth-order valence-corrected chi connectivity index (χ4v) is 3.24. The molecule has 1 aromatic rings. The lowest BCUT2D eigenvalue weighted by Crippen LogP contribution is -2.47. The van der Waals surface area contributed by atoms with E-state index in [1.54, 1.807) is 0 Å². The number of carbonyl (C=O) groups is 1. The molecule has 1 amide bonds. The van der Waals surface area contributed by atoms with Gasteiger partial charge in [0.05, 0.1) is 6.04 Å². The van der Waals surface area contributed by atoms with Crippen molar-refractivity contribution in [2.24, 2.45) is 11.3 Å². The Kier molecular flexibility index (Phi) is 5.28. The van der Waals surface area contributed by atoms with Crippen LogP contribution in [0.3, 0.4) is 0 Å². The molecular formula is C17H25ClN2O. The van der Waals surface area contributed by atoms with Crippen LogP contribution in [0.1, 0.15) is 45.2 Å². The number of nitrogens with one attached hydrogen (secondary N) is 2. The van der Waals surface area contributed by atoms with Crippen molar-refractivity contribution in [1.29, 1.82) is 0 Å². The summed E-state index contributed by atoms with van der Waals surface area (Å²) >= 11 is 6.20. The largest absolute Gasteiger partial charge is 0.349 e. The van der Waals surface area contributed by atoms with E-state index >= 15 is 0 Å². The zero-order valence-corrected chi connectivity index (χ0v) is 13.8. The molecule has 1 aromatic carbocycles. The summed E-state index contributed by atoms with van der Waals surface area (Å²) in [5, 5.41) is 7.21. The first kappa shape index (κ1) is 16.3. The molecule has 0 radical (unpaired) electrons. The number of hydrogen-bond donors (Lipinski definition) is 2. The quantitative estimate of drug-likeness (QED) is 0.893. The molecule has 2 atom stereocenters. The fraction of sp³-hybridized carbons (Fsp3) is 0.588. The summed E-state index contributed by atoms with van der Waals surface area (Å²) in [4.78, 5) is 12.7. The van der Waals surface area contributed by atoms with E-state index in [1.165, 1.54) is 0 Å². The van der Waals surface area contributed by atoms with Gasteiger partial charge in [0.1, 0.15) is 0 Å². The number of carbonyl (C=O) groups excluding carboxylic acids is 1. The molecule has 1 saturated heterocycles. The van der Waals surface area contributed by atoms with E-state index in [1.807, 2.05) is 45.0 Å². The van der Waals surface area contributed by atoms with Gasteiger partial charge in [0.2, 0.25) is 5.91 Å². The molecule has 0 spiro atoms. The van der Waals surface area contributed by atoms with Gasteiger partial charge in [-0.25, -0.2) is 0 Å². The van der Waals surface area contributed by atoms with Gasteiger partial charge in [-0.15, -0.1) is 0 Å². The van der Waals surface area contributed by atoms with E-state index < -0.39 is 0 Å². The molecule has 0 aromatic heterocycles. The van der Waals surface area contributed by atoms with Crippen LogP contribution >= 0.6 is 11.6 Å². The number of hydrogen-bond acceptors (Lipinski definition) is 2. The fourth-order valence-electron chi connectivity index (χ4n) is 2.94. The summed E-state index contributed by atoms with van der Waals surface area (Å²) in [6, 6.07) is 7.58. The lowest BCUT2D eigenvalue weighted by Gasteiger charge is -2.36. The molecule has 0 saturated carbocycles. The molecule has 1 heterocycles. The SMILES string of the molecule is C[C@@H](NC(=O)C(C)(C)C1CCCNC1)c1ccccc1Cl. The van der Waals surface area contributed by atoms with Crippen molar-refractivity contribution in [3.63, 3.8) is 0 Å². The third kappa shape index (κ3) is 3.78. The van der Waals surface area contributed by atoms with Crippen LogP contribution in [0.25, 0.3) is 0 Å². The van der Waals surface area contributed by atoms with E-state index in [9.17, 15) is 4.79 Å². The molecule has 1 fully saturated rings. The van der Waals surface area contributed by atoms with Crippen molar-refractivity contribution in [1.82, 2.24) is 10.6 Å². The van der Waals surface area contributed by atoms with Crippen LogP contribution in [0.15, 0.2) is 24.3 Å². The number of rotatable bonds is 4. The van der Waals surface area contributed by atoms with Crippen LogP contribution in [-0.2, 0) is 4.79 Å². The van der Waals surface area contributed by atoms with Gasteiger partial charge in [-0.1, -0.05) is 43.6 Å². The third-order valence-corrected chi connectivity index (χ3v) is 4.97. The van der Waals surface area contributed by atoms with Crippen molar-refractivity contribution in [2.75, 3.05) is 13.1 Å². The summed E-state index contributed by atoms with van der Waals surface area (Å²) in [7, 11) is 0. The maximum Gasteiger partial charge on any atom is 0.226 e. The van der Waals surface area contributed by atoms with E-state index in [0.29, 0.717) is 10.9 Å². The predicted octanol–water partition coefficient (Wildman–Crippen LogP) is 3.54. The Morgan fingerprint density at radius 1 is 1.43 bits per heavy atom. The average molecular weight is 309 g/mol. The lowest BCUT2D eigenvalue weighted by molar-refractivity contribution is -0.133. The highest BCUT2D eigenvalue weighted by Crippen LogP contribution is 2.33. The van der Waals surface area contributed by atoms with Gasteiger partial charge in [-0.2, -0.15) is 0 Å². The third-order valence-electron chi connectivity index (χ3n) is 4.62. The van der Waals surface area contributed by atoms with Crippen molar-refractivity contribution >= 4 is 17.5 Å². The highest BCUT2D eigenvalue weighted by molar-refractivity contribution is 6.31. The minimum absolute atomic E-state index is 0.0815. The van der Waals surface area contributed by atoms with Crippen molar-refractivity contribution < 1.29 is 4.79 Å². The average Bonchev–Trinajstić information content (AvgIpc) is 2.48. The van der Waals surface area contributed by atoms with Crippen molar-refractivity contribution in [3.8, 4) is 0 Å². The maximum absolute atomic E-state index is 12.7. The van der Waals surface area contributed by atoms with Crippen molar-refractivity contribution in [3.05, 3.63) is 34.9 Å². The molecule has 3 nitrogen and oxygen atoms in total. The second-order valence-electron chi connectivity index (χ2n) is 6.48. The summed E-state index contributed by atoms with van der Waals surface area (Å²) in [5.41, 5.74) is 0.591. The topological polar surface area (TPSA) is 41.1 Å². The Balaban J connectivity index is 2.04. The zero-order valence-electron chi connectivity index (χ0n) is 13.1. The summed E-state index contributed by atoms with van der Waals surface area (Å²) in [5.74, 6) is 0.480. The van der Waals surface area contributed by atoms with Crippen LogP contribution in [0.4, 0.5) is 0 Å². The molecule has 2 rings (SSSR count). The predicted molar refractivity (Wildman–Crippen MR) is 87.4 cm³/mol. The Morgan fingerprint density at radius 2 is 2.14 bits per heavy atom. The molecule has 0 bridgehead atoms. The maximum atomic E-state index is 12.7. The molecule has 4 heteroatoms. The van der Waals surface area contributed by atoms with Gasteiger partial charge >= 0.3 is 0 Å². The smallest absolute Gasteiger partial charge is 0.226 e. The molecule has 1 unspecified atom stereocenters. The lowest BCUT2D eigenvalue weighted by atomic mass is 9.74. The van der Waals surface area contributed by atoms with Crippen molar-refractivity contribution in [2.45, 2.75) is 39.7 Å². The Hall–Kier alpha value is -1.06. The van der Waals surface area contributed by atoms with Gasteiger partial charge in [0.25, 0.3) is 0 Å². The molecule has 1 aliphatic heterocycles. The first-order valence-corrected chi connectivity index (χ1v) is 8.07. The Morgan fingerprint density at radius 3 is 2.76 bits per heavy atom. The first-order chi connectivity index (χ1) is 9.93. The number of piperidine rings is 1. The van der Waals surface area contributed by atoms with E-state index in [0.717, 1.165) is 31.5 Å². The van der Waals surface area contributed by atoms with Crippen LogP contribution in [0.5, 0.6) is 0 Å². The first-order valence-electron chi connectivity index (χ1n) is 7.69. The highest BCUT2D eigenvalue weighted by Gasteiger charge is 2.37. The Labute approximate surface area is 132 Å². The number of halogens is 1. The van der Waals surface area contributed by atoms with E-state index in [2.05, 4.69) is 10.6 Å². The normalized spacial score (nSPS) is 20.9. The molecule has 21 heavy (non-hydrogen) atoms. The summed E-state index contributed by atoms with van der Waals surface area (Å²) < 4.78 is 0. The van der Waals surface area contributed by atoms with Crippen LogP contribution < -0.4 is 10.6 Å². The molecule has 1 aliphatic rings. The molecule has 0 aliphatic carbocycles. The highest BCUT2D eigenvalue weighted by atomic mass is 35.5. The van der Waals surface area contributed by atoms with E-state index in [-0.39, 0.29) is 17.4 Å². The monoisotopic (exact) mass is 308 g/mol. The van der Waals surface area contributed by atoms with Gasteiger partial charge in [-0.05, 0) is 50.4 Å². The summed E-state index contributed by atoms with van der Waals surface area (Å²) in [6.07, 6.45) is 2.25. The van der Waals surface area contributed by atoms with Crippen LogP contribution in [-0.4, -0.2) is 19.0 Å². The number of benzene rings is 1. The molecule has 2 N–H and O–H groups in total. The van der Waals surface area contributed by atoms with Gasteiger partial charge < -0.3 is 10.6 Å². The molecule has 116 valence electrons. The number of amides is 1. The summed E-state index contributed by atoms with van der Waals surface area (Å²) in [6.45, 7) is 8.04. The Bertz CT molecular complexity index is 495. The van der Waals surface area contributed by atoms with Crippen LogP contribution in [0.2, 0.25) is 5.02 Å². The second kappa shape index (κ2) is 6.80. The standard InChI is InChI=1S/C17H25ClN2O/c1-12(14-8-4-5-9-15(14)18)20-16(21)17(2,3)13-7-6-10-19-11-13/h4-5,8-9,12-13,19H,6-7,10-11H2,1-3H3,(H,20,21)/t12-,13?/m1/s1. The van der Waals surface area contributed by atoms with Crippen LogP contribution in [0, 0.1) is 11.3 Å². The second-order valence-corrected chi connectivity index (χ2v) is 6.89. The van der Waals surface area contributed by atoms with Gasteiger partial charge in [0.15, 0.2) is 0 Å².